The van der Waals surface area contributed by atoms with E-state index in [0.717, 1.165) is 18.2 Å². The van der Waals surface area contributed by atoms with Gasteiger partial charge >= 0.3 is 18.1 Å². The van der Waals surface area contributed by atoms with Gasteiger partial charge in [-0.05, 0) is 42.4 Å². The van der Waals surface area contributed by atoms with Crippen LogP contribution in [0.25, 0.3) is 0 Å². The summed E-state index contributed by atoms with van der Waals surface area (Å²) in [4.78, 5) is 35.0. The highest BCUT2D eigenvalue weighted by atomic mass is 19.4. The lowest BCUT2D eigenvalue weighted by Crippen LogP contribution is -2.51. The Morgan fingerprint density at radius 2 is 1.89 bits per heavy atom. The number of benzene rings is 1. The van der Waals surface area contributed by atoms with Crippen LogP contribution < -0.4 is 11.1 Å². The summed E-state index contributed by atoms with van der Waals surface area (Å²) in [5.41, 5.74) is 3.30. The van der Waals surface area contributed by atoms with Crippen LogP contribution in [-0.2, 0) is 20.6 Å². The van der Waals surface area contributed by atoms with Crippen LogP contribution in [0.5, 0.6) is 0 Å². The predicted octanol–water partition coefficient (Wildman–Crippen LogP) is 2.56. The minimum atomic E-state index is -4.56. The Morgan fingerprint density at radius 3 is 2.43 bits per heavy atom. The lowest BCUT2D eigenvalue weighted by Gasteiger charge is -2.26. The highest BCUT2D eigenvalue weighted by Crippen LogP contribution is 2.46. The Bertz CT molecular complexity index is 783. The molecule has 1 aliphatic carbocycles. The second-order valence-electron chi connectivity index (χ2n) is 7.19. The number of amides is 1. The fourth-order valence-corrected chi connectivity index (χ4v) is 3.84. The number of carbonyl (C=O) groups excluding carboxylic acids is 1. The van der Waals surface area contributed by atoms with Gasteiger partial charge in [0.15, 0.2) is 0 Å². The van der Waals surface area contributed by atoms with Crippen LogP contribution in [0, 0.1) is 17.8 Å². The van der Waals surface area contributed by atoms with Crippen LogP contribution in [0.3, 0.4) is 0 Å². The molecule has 0 radical (unpaired) electrons. The minimum absolute atomic E-state index is 0.0575. The molecule has 4 atom stereocenters. The fraction of sp³-hybridized carbons (Fsp3) is 0.500. The zero-order valence-corrected chi connectivity index (χ0v) is 15.0. The second-order valence-corrected chi connectivity index (χ2v) is 7.19. The van der Waals surface area contributed by atoms with E-state index >= 15 is 0 Å². The van der Waals surface area contributed by atoms with E-state index in [2.05, 4.69) is 5.32 Å². The molecule has 0 heterocycles. The molecule has 0 saturated heterocycles. The molecule has 0 bridgehead atoms. The normalized spacial score (nSPS) is 27.4. The molecule has 7 nitrogen and oxygen atoms in total. The molecule has 1 aromatic carbocycles. The molecule has 5 N–H and O–H groups in total. The van der Waals surface area contributed by atoms with Gasteiger partial charge in [-0.25, -0.2) is 0 Å². The summed E-state index contributed by atoms with van der Waals surface area (Å²) in [6.07, 6.45) is -5.26. The van der Waals surface area contributed by atoms with Crippen molar-refractivity contribution in [3.8, 4) is 0 Å². The van der Waals surface area contributed by atoms with Crippen LogP contribution in [-0.4, -0.2) is 33.6 Å². The van der Waals surface area contributed by atoms with Crippen molar-refractivity contribution >= 4 is 23.5 Å². The van der Waals surface area contributed by atoms with Crippen molar-refractivity contribution in [1.82, 2.24) is 0 Å². The topological polar surface area (TPSA) is 130 Å². The Kier molecular flexibility index (Phi) is 6.03. The first-order chi connectivity index (χ1) is 12.8. The maximum atomic E-state index is 12.8. The number of anilines is 1. The smallest absolute Gasteiger partial charge is 0.416 e. The second kappa shape index (κ2) is 7.78. The van der Waals surface area contributed by atoms with Gasteiger partial charge < -0.3 is 21.3 Å². The number of carbonyl (C=O) groups is 3. The predicted molar refractivity (Wildman–Crippen MR) is 92.3 cm³/mol. The Hall–Kier alpha value is -2.62. The first-order valence-electron chi connectivity index (χ1n) is 8.55. The van der Waals surface area contributed by atoms with Crippen molar-refractivity contribution < 1.29 is 37.8 Å². The number of aliphatic carboxylic acids is 2. The van der Waals surface area contributed by atoms with Gasteiger partial charge in [-0.1, -0.05) is 13.0 Å². The molecule has 2 unspecified atom stereocenters. The Labute approximate surface area is 158 Å². The summed E-state index contributed by atoms with van der Waals surface area (Å²) in [6.45, 7) is 1.53. The van der Waals surface area contributed by atoms with Crippen molar-refractivity contribution in [3.63, 3.8) is 0 Å². The molecule has 154 valence electrons. The highest BCUT2D eigenvalue weighted by molar-refractivity contribution is 5.91. The van der Waals surface area contributed by atoms with Gasteiger partial charge in [0.1, 0.15) is 5.54 Å². The van der Waals surface area contributed by atoms with Crippen molar-refractivity contribution in [2.75, 3.05) is 5.32 Å². The molecule has 1 amide bonds. The van der Waals surface area contributed by atoms with Crippen molar-refractivity contribution in [3.05, 3.63) is 29.8 Å². The number of hydrogen-bond donors (Lipinski definition) is 4. The fourth-order valence-electron chi connectivity index (χ4n) is 3.84. The maximum Gasteiger partial charge on any atom is 0.416 e. The van der Waals surface area contributed by atoms with Crippen molar-refractivity contribution in [1.29, 1.82) is 0 Å². The molecule has 1 fully saturated rings. The van der Waals surface area contributed by atoms with Crippen LogP contribution >= 0.6 is 0 Å². The van der Waals surface area contributed by atoms with Gasteiger partial charge in [-0.2, -0.15) is 13.2 Å². The third kappa shape index (κ3) is 4.61. The number of carboxylic acid groups (broad SMARTS) is 2. The zero-order chi connectivity index (χ0) is 21.3. The van der Waals surface area contributed by atoms with E-state index in [1.807, 2.05) is 0 Å². The lowest BCUT2D eigenvalue weighted by atomic mass is 9.82. The van der Waals surface area contributed by atoms with Crippen molar-refractivity contribution in [2.45, 2.75) is 37.9 Å². The van der Waals surface area contributed by atoms with E-state index in [1.54, 1.807) is 0 Å². The molecule has 1 aliphatic rings. The third-order valence-electron chi connectivity index (χ3n) is 5.39. The van der Waals surface area contributed by atoms with Gasteiger partial charge in [-0.3, -0.25) is 14.4 Å². The highest BCUT2D eigenvalue weighted by Gasteiger charge is 2.54. The maximum absolute atomic E-state index is 12.8. The first-order valence-corrected chi connectivity index (χ1v) is 8.55. The molecular formula is C18H21F3N2O5. The Balaban J connectivity index is 2.15. The van der Waals surface area contributed by atoms with Crippen LogP contribution in [0.15, 0.2) is 24.3 Å². The van der Waals surface area contributed by atoms with Gasteiger partial charge in [0.05, 0.1) is 5.56 Å². The molecule has 2 rings (SSSR count). The van der Waals surface area contributed by atoms with Gasteiger partial charge in [-0.15, -0.1) is 0 Å². The van der Waals surface area contributed by atoms with E-state index in [0.29, 0.717) is 0 Å². The molecule has 0 aliphatic heterocycles. The third-order valence-corrected chi connectivity index (χ3v) is 5.39. The van der Waals surface area contributed by atoms with E-state index in [9.17, 15) is 32.7 Å². The van der Waals surface area contributed by atoms with Gasteiger partial charge in [0.25, 0.3) is 0 Å². The molecular weight excluding hydrogens is 381 g/mol. The monoisotopic (exact) mass is 402 g/mol. The summed E-state index contributed by atoms with van der Waals surface area (Å²) in [5.74, 6) is -5.02. The summed E-state index contributed by atoms with van der Waals surface area (Å²) in [6, 6.07) is 4.10. The molecule has 28 heavy (non-hydrogen) atoms. The summed E-state index contributed by atoms with van der Waals surface area (Å²) < 4.78 is 38.3. The summed E-state index contributed by atoms with van der Waals surface area (Å²) >= 11 is 0. The standard InChI is InChI=1S/C18H21F3N2O5/c1-9-13(7-15(25)26)10(8-17(9,22)16(27)28)5-14(24)23-12-4-2-3-11(6-12)18(19,20)21/h2-4,6,9-10,13H,5,7-8,22H2,1H3,(H,23,24)(H,25,26)(H,27,28)/t9?,10-,13?,17-/m0/s1. The van der Waals surface area contributed by atoms with Crippen molar-refractivity contribution in [2.24, 2.45) is 23.5 Å². The van der Waals surface area contributed by atoms with E-state index in [4.69, 9.17) is 10.8 Å². The van der Waals surface area contributed by atoms with Crippen LogP contribution in [0.2, 0.25) is 0 Å². The number of nitrogens with two attached hydrogens (primary N) is 1. The summed E-state index contributed by atoms with van der Waals surface area (Å²) in [5, 5.41) is 20.9. The zero-order valence-electron chi connectivity index (χ0n) is 15.0. The largest absolute Gasteiger partial charge is 0.481 e. The molecule has 0 spiro atoms. The van der Waals surface area contributed by atoms with Gasteiger partial charge in [0, 0.05) is 18.5 Å². The van der Waals surface area contributed by atoms with E-state index < -0.39 is 52.9 Å². The van der Waals surface area contributed by atoms with E-state index in [1.165, 1.54) is 13.0 Å². The molecule has 10 heteroatoms. The summed E-state index contributed by atoms with van der Waals surface area (Å²) in [7, 11) is 0. The number of hydrogen-bond acceptors (Lipinski definition) is 4. The molecule has 1 aromatic rings. The molecule has 0 aromatic heterocycles. The number of halogens is 3. The van der Waals surface area contributed by atoms with Gasteiger partial charge in [0.2, 0.25) is 5.91 Å². The number of alkyl halides is 3. The number of nitrogens with one attached hydrogen (secondary N) is 1. The van der Waals surface area contributed by atoms with Crippen LogP contribution in [0.4, 0.5) is 18.9 Å². The average molecular weight is 402 g/mol. The minimum Gasteiger partial charge on any atom is -0.481 e. The van der Waals surface area contributed by atoms with E-state index in [-0.39, 0.29) is 24.9 Å². The first kappa shape index (κ1) is 21.7. The number of carboxylic acids is 2. The SMILES string of the molecule is CC1C(CC(=O)O)[C@@H](CC(=O)Nc2cccc(C(F)(F)F)c2)C[C@@]1(N)C(=O)O. The van der Waals surface area contributed by atoms with Crippen LogP contribution in [0.1, 0.15) is 31.7 Å². The number of rotatable bonds is 6. The quantitative estimate of drug-likeness (QED) is 0.579. The molecule has 1 saturated carbocycles. The average Bonchev–Trinajstić information content (AvgIpc) is 2.79. The lowest BCUT2D eigenvalue weighted by molar-refractivity contribution is -0.146. The Morgan fingerprint density at radius 1 is 1.25 bits per heavy atom.